The summed E-state index contributed by atoms with van der Waals surface area (Å²) in [6.07, 6.45) is 0. The van der Waals surface area contributed by atoms with Crippen LogP contribution in [-0.4, -0.2) is 10.8 Å². The molecule has 24 heavy (non-hydrogen) atoms. The van der Waals surface area contributed by atoms with Gasteiger partial charge in [0.2, 0.25) is 0 Å². The van der Waals surface area contributed by atoms with E-state index in [9.17, 15) is 14.9 Å². The molecule has 0 atom stereocenters. The van der Waals surface area contributed by atoms with E-state index in [2.05, 4.69) is 5.32 Å². The quantitative estimate of drug-likeness (QED) is 0.567. The summed E-state index contributed by atoms with van der Waals surface area (Å²) in [6, 6.07) is 17.8. The second-order valence-electron chi connectivity index (χ2n) is 5.24. The van der Waals surface area contributed by atoms with Gasteiger partial charge in [-0.2, -0.15) is 0 Å². The predicted molar refractivity (Wildman–Crippen MR) is 93.2 cm³/mol. The third-order valence-electron chi connectivity index (χ3n) is 3.72. The second-order valence-corrected chi connectivity index (χ2v) is 5.65. The smallest absolute Gasteiger partial charge is 0.288 e. The van der Waals surface area contributed by atoms with Gasteiger partial charge in [-0.1, -0.05) is 54.1 Å². The van der Waals surface area contributed by atoms with Gasteiger partial charge in [-0.25, -0.2) is 0 Å². The van der Waals surface area contributed by atoms with E-state index in [1.165, 1.54) is 18.2 Å². The molecule has 0 saturated heterocycles. The highest BCUT2D eigenvalue weighted by molar-refractivity contribution is 6.32. The van der Waals surface area contributed by atoms with Crippen molar-refractivity contribution in [3.8, 4) is 0 Å². The molecule has 3 rings (SSSR count). The number of halogens is 1. The average Bonchev–Trinajstić information content (AvgIpc) is 2.59. The van der Waals surface area contributed by atoms with Crippen molar-refractivity contribution >= 4 is 34.0 Å². The van der Waals surface area contributed by atoms with E-state index in [0.717, 1.165) is 16.3 Å². The Morgan fingerprint density at radius 3 is 2.62 bits per heavy atom. The Kier molecular flexibility index (Phi) is 4.44. The summed E-state index contributed by atoms with van der Waals surface area (Å²) in [5, 5.41) is 15.9. The van der Waals surface area contributed by atoms with Crippen molar-refractivity contribution in [3.05, 3.63) is 86.9 Å². The molecular formula is C18H13ClN2O3. The van der Waals surface area contributed by atoms with Gasteiger partial charge in [-0.15, -0.1) is 0 Å². The van der Waals surface area contributed by atoms with Gasteiger partial charge in [0.05, 0.1) is 4.92 Å². The van der Waals surface area contributed by atoms with Crippen LogP contribution in [0.25, 0.3) is 10.8 Å². The Balaban J connectivity index is 1.80. The first-order valence-corrected chi connectivity index (χ1v) is 7.63. The number of rotatable bonds is 4. The molecule has 0 aliphatic heterocycles. The topological polar surface area (TPSA) is 72.2 Å². The lowest BCUT2D eigenvalue weighted by atomic mass is 10.0. The second kappa shape index (κ2) is 6.68. The molecule has 0 heterocycles. The standard InChI is InChI=1S/C18H13ClN2O3/c19-16-9-8-13(10-17(16)21(23)24)18(22)20-11-14-6-3-5-12-4-1-2-7-15(12)14/h1-10H,11H2,(H,20,22). The van der Waals surface area contributed by atoms with Crippen LogP contribution in [0.2, 0.25) is 5.02 Å². The molecule has 3 aromatic carbocycles. The van der Waals surface area contributed by atoms with Crippen LogP contribution >= 0.6 is 11.6 Å². The first-order chi connectivity index (χ1) is 11.6. The molecule has 120 valence electrons. The minimum Gasteiger partial charge on any atom is -0.348 e. The SMILES string of the molecule is O=C(NCc1cccc2ccccc12)c1ccc(Cl)c([N+](=O)[O-])c1. The predicted octanol–water partition coefficient (Wildman–Crippen LogP) is 4.33. The zero-order chi connectivity index (χ0) is 17.1. The maximum atomic E-state index is 12.3. The molecule has 0 aromatic heterocycles. The van der Waals surface area contributed by atoms with E-state index in [-0.39, 0.29) is 22.2 Å². The molecule has 3 aromatic rings. The van der Waals surface area contributed by atoms with E-state index in [4.69, 9.17) is 11.6 Å². The number of nitro groups is 1. The van der Waals surface area contributed by atoms with Gasteiger partial charge in [-0.05, 0) is 28.5 Å². The molecule has 0 radical (unpaired) electrons. The number of hydrogen-bond acceptors (Lipinski definition) is 3. The summed E-state index contributed by atoms with van der Waals surface area (Å²) in [6.45, 7) is 0.330. The van der Waals surface area contributed by atoms with E-state index < -0.39 is 4.92 Å². The molecule has 5 nitrogen and oxygen atoms in total. The number of amides is 1. The highest BCUT2D eigenvalue weighted by Crippen LogP contribution is 2.25. The minimum atomic E-state index is -0.607. The van der Waals surface area contributed by atoms with Gasteiger partial charge >= 0.3 is 0 Å². The molecule has 0 aliphatic carbocycles. The van der Waals surface area contributed by atoms with Crippen LogP contribution in [-0.2, 0) is 6.54 Å². The summed E-state index contributed by atoms with van der Waals surface area (Å²) in [5.41, 5.74) is 0.894. The first kappa shape index (κ1) is 16.0. The monoisotopic (exact) mass is 340 g/mol. The Morgan fingerprint density at radius 1 is 1.08 bits per heavy atom. The number of carbonyl (C=O) groups is 1. The number of hydrogen-bond donors (Lipinski definition) is 1. The van der Waals surface area contributed by atoms with Crippen molar-refractivity contribution in [2.45, 2.75) is 6.54 Å². The van der Waals surface area contributed by atoms with Crippen molar-refractivity contribution in [2.24, 2.45) is 0 Å². The number of fused-ring (bicyclic) bond motifs is 1. The number of nitrogens with one attached hydrogen (secondary N) is 1. The lowest BCUT2D eigenvalue weighted by Crippen LogP contribution is -2.23. The zero-order valence-corrected chi connectivity index (χ0v) is 13.3. The van der Waals surface area contributed by atoms with Crippen molar-refractivity contribution < 1.29 is 9.72 Å². The van der Waals surface area contributed by atoms with Crippen molar-refractivity contribution in [2.75, 3.05) is 0 Å². The van der Waals surface area contributed by atoms with Crippen LogP contribution in [0.1, 0.15) is 15.9 Å². The van der Waals surface area contributed by atoms with Gasteiger partial charge in [0.25, 0.3) is 11.6 Å². The zero-order valence-electron chi connectivity index (χ0n) is 12.5. The summed E-state index contributed by atoms with van der Waals surface area (Å²) in [5.74, 6) is -0.386. The highest BCUT2D eigenvalue weighted by Gasteiger charge is 2.16. The van der Waals surface area contributed by atoms with E-state index >= 15 is 0 Å². The van der Waals surface area contributed by atoms with E-state index in [1.807, 2.05) is 42.5 Å². The lowest BCUT2D eigenvalue weighted by molar-refractivity contribution is -0.384. The van der Waals surface area contributed by atoms with Crippen LogP contribution in [0.3, 0.4) is 0 Å². The van der Waals surface area contributed by atoms with Gasteiger partial charge in [0, 0.05) is 18.2 Å². The molecule has 0 saturated carbocycles. The molecule has 0 spiro atoms. The fraction of sp³-hybridized carbons (Fsp3) is 0.0556. The van der Waals surface area contributed by atoms with Crippen LogP contribution < -0.4 is 5.32 Å². The van der Waals surface area contributed by atoms with Crippen LogP contribution in [0, 0.1) is 10.1 Å². The van der Waals surface area contributed by atoms with Gasteiger partial charge in [0.1, 0.15) is 5.02 Å². The van der Waals surface area contributed by atoms with Crippen LogP contribution in [0.4, 0.5) is 5.69 Å². The lowest BCUT2D eigenvalue weighted by Gasteiger charge is -2.09. The number of nitro benzene ring substituents is 1. The maximum absolute atomic E-state index is 12.3. The molecule has 0 bridgehead atoms. The van der Waals surface area contributed by atoms with Crippen molar-refractivity contribution in [3.63, 3.8) is 0 Å². The average molecular weight is 341 g/mol. The van der Waals surface area contributed by atoms with E-state index in [1.54, 1.807) is 0 Å². The molecule has 6 heteroatoms. The third kappa shape index (κ3) is 3.21. The number of carbonyl (C=O) groups excluding carboxylic acids is 1. The normalized spacial score (nSPS) is 10.5. The highest BCUT2D eigenvalue weighted by atomic mass is 35.5. The largest absolute Gasteiger partial charge is 0.348 e. The summed E-state index contributed by atoms with van der Waals surface area (Å²) in [4.78, 5) is 22.6. The Morgan fingerprint density at radius 2 is 1.83 bits per heavy atom. The van der Waals surface area contributed by atoms with Gasteiger partial charge < -0.3 is 5.32 Å². The Bertz CT molecular complexity index is 935. The summed E-state index contributed by atoms with van der Waals surface area (Å²) >= 11 is 5.76. The van der Waals surface area contributed by atoms with Gasteiger partial charge in [-0.3, -0.25) is 14.9 Å². The fourth-order valence-electron chi connectivity index (χ4n) is 2.52. The fourth-order valence-corrected chi connectivity index (χ4v) is 2.70. The summed E-state index contributed by atoms with van der Waals surface area (Å²) < 4.78 is 0. The molecule has 0 fully saturated rings. The first-order valence-electron chi connectivity index (χ1n) is 7.25. The van der Waals surface area contributed by atoms with Crippen molar-refractivity contribution in [1.29, 1.82) is 0 Å². The number of benzene rings is 3. The molecule has 0 unspecified atom stereocenters. The number of nitrogens with zero attached hydrogens (tertiary/aromatic N) is 1. The minimum absolute atomic E-state index is 0.00519. The maximum Gasteiger partial charge on any atom is 0.288 e. The Hall–Kier alpha value is -2.92. The molecule has 1 amide bonds. The van der Waals surface area contributed by atoms with Gasteiger partial charge in [0.15, 0.2) is 0 Å². The molecule has 0 aliphatic rings. The van der Waals surface area contributed by atoms with Crippen LogP contribution in [0.5, 0.6) is 0 Å². The third-order valence-corrected chi connectivity index (χ3v) is 4.04. The van der Waals surface area contributed by atoms with E-state index in [0.29, 0.717) is 6.54 Å². The van der Waals surface area contributed by atoms with Crippen LogP contribution in [0.15, 0.2) is 60.7 Å². The molecular weight excluding hydrogens is 328 g/mol. The molecule has 1 N–H and O–H groups in total. The summed E-state index contributed by atoms with van der Waals surface area (Å²) in [7, 11) is 0. The van der Waals surface area contributed by atoms with Crippen molar-refractivity contribution in [1.82, 2.24) is 5.32 Å². The Labute approximate surface area is 143 Å².